The normalized spacial score (nSPS) is 16.6. The Labute approximate surface area is 421 Å². The van der Waals surface area contributed by atoms with Gasteiger partial charge in [0, 0.05) is 44.7 Å². The number of nitrogens with two attached hydrogens (primary N) is 1. The number of unbranched alkanes of at least 4 members (excludes halogenated alkanes) is 3. The van der Waals surface area contributed by atoms with Gasteiger partial charge in [-0.15, -0.1) is 0 Å². The quantitative estimate of drug-likeness (QED) is 0.0252. The highest BCUT2D eigenvalue weighted by molar-refractivity contribution is 5.91. The minimum Gasteiger partial charge on any atom is -0.469 e. The molecule has 394 valence electrons. The number of fused-ring (bicyclic) bond motifs is 1. The van der Waals surface area contributed by atoms with Crippen LogP contribution in [0.15, 0.2) is 55.1 Å². The van der Waals surface area contributed by atoms with Crippen molar-refractivity contribution in [2.45, 2.75) is 174 Å². The number of esters is 3. The molecule has 1 aliphatic carbocycles. The molecule has 16 nitrogen and oxygen atoms in total. The molecule has 2 aromatic rings. The number of ether oxygens (including phenoxy) is 4. The van der Waals surface area contributed by atoms with E-state index in [9.17, 15) is 38.4 Å². The summed E-state index contributed by atoms with van der Waals surface area (Å²) in [5.41, 5.74) is 5.54. The Balaban J connectivity index is 1.54. The van der Waals surface area contributed by atoms with Gasteiger partial charge >= 0.3 is 24.0 Å². The smallest absolute Gasteiger partial charge is 0.407 e. The molecule has 16 heteroatoms. The van der Waals surface area contributed by atoms with Crippen LogP contribution in [-0.2, 0) is 58.9 Å². The third kappa shape index (κ3) is 23.9. The number of carbonyl (C=O) groups excluding carboxylic acids is 8. The Bertz CT molecular complexity index is 2080. The summed E-state index contributed by atoms with van der Waals surface area (Å²) in [5.74, 6) is -4.21. The van der Waals surface area contributed by atoms with Crippen LogP contribution in [0.4, 0.5) is 4.79 Å². The van der Waals surface area contributed by atoms with E-state index >= 15 is 0 Å². The Morgan fingerprint density at radius 3 is 2.04 bits per heavy atom. The van der Waals surface area contributed by atoms with Crippen molar-refractivity contribution in [3.8, 4) is 0 Å². The van der Waals surface area contributed by atoms with Gasteiger partial charge in [-0.25, -0.2) is 4.79 Å². The van der Waals surface area contributed by atoms with Gasteiger partial charge in [-0.3, -0.25) is 33.6 Å². The van der Waals surface area contributed by atoms with Crippen molar-refractivity contribution < 1.29 is 57.3 Å². The number of ketones is 2. The average molecular weight is 991 g/mol. The number of alkyl carbamates (subject to hydrolysis) is 1. The van der Waals surface area contributed by atoms with Crippen molar-refractivity contribution >= 4 is 58.2 Å². The van der Waals surface area contributed by atoms with Crippen LogP contribution in [-0.4, -0.2) is 97.5 Å². The zero-order valence-corrected chi connectivity index (χ0v) is 43.4. The van der Waals surface area contributed by atoms with Crippen molar-refractivity contribution in [3.63, 3.8) is 0 Å². The lowest BCUT2D eigenvalue weighted by Gasteiger charge is -2.29. The van der Waals surface area contributed by atoms with E-state index in [2.05, 4.69) is 22.5 Å². The van der Waals surface area contributed by atoms with Gasteiger partial charge in [-0.1, -0.05) is 68.0 Å². The SMILES string of the molecule is C=CCOC(=O)NCCCC[C@@H](N)C(=O)NCC1CCC(C(=O)N[C@@H](Cc2ccc3ccccc3c2)C(=O)CCCCC[C@H](CC(=O)C[C@@H](CCC(=O)OC(C)(C)C)C(=O)OC(C)(C)C)C(=O)OC)CC1. The largest absolute Gasteiger partial charge is 0.469 e. The molecular weight excluding hydrogens is 909 g/mol. The highest BCUT2D eigenvalue weighted by Gasteiger charge is 2.33. The van der Waals surface area contributed by atoms with Crippen molar-refractivity contribution in [2.75, 3.05) is 26.8 Å². The molecule has 2 aromatic carbocycles. The lowest BCUT2D eigenvalue weighted by atomic mass is 9.81. The molecule has 71 heavy (non-hydrogen) atoms. The molecule has 0 aliphatic heterocycles. The Morgan fingerprint density at radius 1 is 0.746 bits per heavy atom. The predicted octanol–water partition coefficient (Wildman–Crippen LogP) is 7.94. The lowest BCUT2D eigenvalue weighted by molar-refractivity contribution is -0.162. The summed E-state index contributed by atoms with van der Waals surface area (Å²) in [5, 5.41) is 10.8. The minimum absolute atomic E-state index is 0.0506. The summed E-state index contributed by atoms with van der Waals surface area (Å²) < 4.78 is 20.9. The number of benzene rings is 2. The highest BCUT2D eigenvalue weighted by atomic mass is 16.6. The highest BCUT2D eigenvalue weighted by Crippen LogP contribution is 2.30. The number of rotatable bonds is 30. The van der Waals surface area contributed by atoms with Gasteiger partial charge in [0.2, 0.25) is 11.8 Å². The first-order valence-electron chi connectivity index (χ1n) is 25.5. The Morgan fingerprint density at radius 2 is 1.39 bits per heavy atom. The van der Waals surface area contributed by atoms with E-state index in [1.54, 1.807) is 41.5 Å². The second-order valence-electron chi connectivity index (χ2n) is 20.9. The Kier molecular flexibility index (Phi) is 25.5. The number of hydrogen-bond donors (Lipinski definition) is 4. The topological polar surface area (TPSA) is 236 Å². The van der Waals surface area contributed by atoms with Crippen molar-refractivity contribution in [2.24, 2.45) is 29.4 Å². The number of Topliss-reactive ketones (excluding diaryl/α,β-unsaturated/α-hetero) is 2. The second kappa shape index (κ2) is 30.3. The van der Waals surface area contributed by atoms with Gasteiger partial charge in [-0.2, -0.15) is 0 Å². The molecule has 1 saturated carbocycles. The fourth-order valence-corrected chi connectivity index (χ4v) is 8.65. The monoisotopic (exact) mass is 991 g/mol. The first kappa shape index (κ1) is 59.7. The van der Waals surface area contributed by atoms with E-state index in [0.29, 0.717) is 77.3 Å². The first-order valence-corrected chi connectivity index (χ1v) is 25.5. The fraction of sp³-hybridized carbons (Fsp3) is 0.636. The van der Waals surface area contributed by atoms with Crippen LogP contribution in [0.5, 0.6) is 0 Å². The average Bonchev–Trinajstić information content (AvgIpc) is 3.31. The molecule has 0 unspecified atom stereocenters. The van der Waals surface area contributed by atoms with Crippen LogP contribution in [0.2, 0.25) is 0 Å². The molecule has 1 aliphatic rings. The van der Waals surface area contributed by atoms with E-state index in [1.165, 1.54) is 13.2 Å². The predicted molar refractivity (Wildman–Crippen MR) is 272 cm³/mol. The fourth-order valence-electron chi connectivity index (χ4n) is 8.65. The molecule has 3 rings (SSSR count). The van der Waals surface area contributed by atoms with Gasteiger partial charge in [-0.05, 0) is 134 Å². The standard InChI is InChI=1S/C55H82N4O12/c1-9-31-69-53(67)57-30-16-15-20-45(56)50(64)58-36-37-22-26-40(27-23-37)49(63)59-46(33-38-24-25-39-17-13-14-18-41(39)32-38)47(61)21-12-10-11-19-42(51(65)68-8)34-44(60)35-43(52(66)71-55(5,6)7)28-29-48(62)70-54(2,3)4/h9,13-14,17-18,24-25,32,37,40,42-43,45-46H,1,10-12,15-16,19-23,26-31,33-36,56H2,2-8H3,(H,57,67)(H,58,64)(H,59,63)/t37?,40?,42-,43-,45-,46+/m1/s1. The van der Waals surface area contributed by atoms with E-state index < -0.39 is 59.1 Å². The molecule has 4 atom stereocenters. The third-order valence-electron chi connectivity index (χ3n) is 12.4. The maximum atomic E-state index is 14.0. The summed E-state index contributed by atoms with van der Waals surface area (Å²) in [7, 11) is 1.26. The van der Waals surface area contributed by atoms with Crippen LogP contribution in [0.25, 0.3) is 10.8 Å². The maximum absolute atomic E-state index is 14.0. The van der Waals surface area contributed by atoms with Gasteiger partial charge in [0.1, 0.15) is 23.6 Å². The van der Waals surface area contributed by atoms with Crippen LogP contribution in [0.3, 0.4) is 0 Å². The summed E-state index contributed by atoms with van der Waals surface area (Å²) in [6.45, 7) is 14.9. The zero-order valence-electron chi connectivity index (χ0n) is 43.4. The summed E-state index contributed by atoms with van der Waals surface area (Å²) in [4.78, 5) is 104. The molecule has 0 saturated heterocycles. The van der Waals surface area contributed by atoms with Gasteiger partial charge in [0.15, 0.2) is 5.78 Å². The van der Waals surface area contributed by atoms with E-state index in [1.807, 2.05) is 42.5 Å². The number of carbonyl (C=O) groups is 8. The molecular formula is C55H82N4O12. The lowest BCUT2D eigenvalue weighted by Crippen LogP contribution is -2.46. The molecule has 0 bridgehead atoms. The minimum atomic E-state index is -0.901. The van der Waals surface area contributed by atoms with Crippen LogP contribution in [0, 0.1) is 23.7 Å². The number of amides is 3. The second-order valence-corrected chi connectivity index (χ2v) is 20.9. The van der Waals surface area contributed by atoms with Crippen LogP contribution >= 0.6 is 0 Å². The van der Waals surface area contributed by atoms with Gasteiger partial charge in [0.05, 0.1) is 31.0 Å². The van der Waals surface area contributed by atoms with Gasteiger partial charge < -0.3 is 40.6 Å². The van der Waals surface area contributed by atoms with Crippen molar-refractivity contribution in [3.05, 3.63) is 60.7 Å². The van der Waals surface area contributed by atoms with Crippen LogP contribution in [0.1, 0.15) is 150 Å². The molecule has 5 N–H and O–H groups in total. The number of nitrogens with one attached hydrogen (secondary N) is 3. The van der Waals surface area contributed by atoms with Crippen molar-refractivity contribution in [1.82, 2.24) is 16.0 Å². The molecule has 0 radical (unpaired) electrons. The molecule has 3 amide bonds. The first-order chi connectivity index (χ1) is 33.6. The maximum Gasteiger partial charge on any atom is 0.407 e. The summed E-state index contributed by atoms with van der Waals surface area (Å²) >= 11 is 0. The Hall–Kier alpha value is -5.64. The molecule has 0 spiro atoms. The number of methoxy groups -OCH3 is 1. The van der Waals surface area contributed by atoms with Gasteiger partial charge in [0.25, 0.3) is 0 Å². The third-order valence-corrected chi connectivity index (χ3v) is 12.4. The zero-order chi connectivity index (χ0) is 52.6. The summed E-state index contributed by atoms with van der Waals surface area (Å²) in [6, 6.07) is 12.6. The number of hydrogen-bond acceptors (Lipinski definition) is 13. The van der Waals surface area contributed by atoms with E-state index in [-0.39, 0.29) is 73.9 Å². The molecule has 1 fully saturated rings. The molecule has 0 heterocycles. The van der Waals surface area contributed by atoms with Crippen molar-refractivity contribution in [1.29, 1.82) is 0 Å². The van der Waals surface area contributed by atoms with E-state index in [4.69, 9.17) is 24.7 Å². The van der Waals surface area contributed by atoms with E-state index in [0.717, 1.165) is 29.2 Å². The van der Waals surface area contributed by atoms with Crippen LogP contribution < -0.4 is 21.7 Å². The molecule has 0 aromatic heterocycles. The summed E-state index contributed by atoms with van der Waals surface area (Å²) in [6.07, 6.45) is 7.54.